The van der Waals surface area contributed by atoms with Crippen molar-refractivity contribution in [2.24, 2.45) is 0 Å². The molecule has 0 aliphatic carbocycles. The average molecular weight is 383 g/mol. The number of nitrogen functional groups attached to an aromatic ring is 1. The summed E-state index contributed by atoms with van der Waals surface area (Å²) in [6.45, 7) is 2.06. The van der Waals surface area contributed by atoms with Gasteiger partial charge >= 0.3 is 5.97 Å². The molecular formula is C15H14INO3. The summed E-state index contributed by atoms with van der Waals surface area (Å²) in [4.78, 5) is 11.9. The summed E-state index contributed by atoms with van der Waals surface area (Å²) >= 11 is 2.16. The maximum Gasteiger partial charge on any atom is 0.342 e. The molecule has 0 saturated carbocycles. The minimum Gasteiger partial charge on any atom is -0.462 e. The smallest absolute Gasteiger partial charge is 0.342 e. The Kier molecular flexibility index (Phi) is 4.84. The second kappa shape index (κ2) is 6.60. The van der Waals surface area contributed by atoms with Gasteiger partial charge in [-0.05, 0) is 53.8 Å². The van der Waals surface area contributed by atoms with Crippen molar-refractivity contribution in [2.75, 3.05) is 12.3 Å². The molecule has 0 saturated heterocycles. The van der Waals surface area contributed by atoms with E-state index in [1.54, 1.807) is 25.1 Å². The second-order valence-electron chi connectivity index (χ2n) is 3.98. The SMILES string of the molecule is CCOC(=O)c1cccc(N)c1Oc1ccccc1I. The molecule has 0 bridgehead atoms. The Morgan fingerprint density at radius 2 is 1.95 bits per heavy atom. The van der Waals surface area contributed by atoms with Crippen molar-refractivity contribution < 1.29 is 14.3 Å². The number of rotatable bonds is 4. The van der Waals surface area contributed by atoms with Gasteiger partial charge in [-0.15, -0.1) is 0 Å². The molecule has 0 atom stereocenters. The van der Waals surface area contributed by atoms with Crippen LogP contribution in [0.5, 0.6) is 11.5 Å². The number of carbonyl (C=O) groups is 1. The van der Waals surface area contributed by atoms with E-state index in [2.05, 4.69) is 22.6 Å². The molecule has 0 unspecified atom stereocenters. The zero-order valence-electron chi connectivity index (χ0n) is 10.9. The van der Waals surface area contributed by atoms with Gasteiger partial charge in [0.2, 0.25) is 0 Å². The summed E-state index contributed by atoms with van der Waals surface area (Å²) in [5, 5.41) is 0. The van der Waals surface area contributed by atoms with Crippen LogP contribution in [0.1, 0.15) is 17.3 Å². The quantitative estimate of drug-likeness (QED) is 0.495. The summed E-state index contributed by atoms with van der Waals surface area (Å²) in [6, 6.07) is 12.5. The molecule has 0 amide bonds. The van der Waals surface area contributed by atoms with Crippen molar-refractivity contribution in [3.05, 3.63) is 51.6 Å². The van der Waals surface area contributed by atoms with Crippen LogP contribution in [0.25, 0.3) is 0 Å². The molecule has 0 fully saturated rings. The minimum atomic E-state index is -0.444. The fourth-order valence-corrected chi connectivity index (χ4v) is 2.17. The number of para-hydroxylation sites is 2. The molecule has 5 heteroatoms. The van der Waals surface area contributed by atoms with Crippen molar-refractivity contribution in [3.8, 4) is 11.5 Å². The van der Waals surface area contributed by atoms with E-state index in [0.29, 0.717) is 29.4 Å². The van der Waals surface area contributed by atoms with Crippen molar-refractivity contribution in [2.45, 2.75) is 6.92 Å². The fourth-order valence-electron chi connectivity index (χ4n) is 1.68. The van der Waals surface area contributed by atoms with Gasteiger partial charge in [-0.3, -0.25) is 0 Å². The van der Waals surface area contributed by atoms with E-state index in [9.17, 15) is 4.79 Å². The highest BCUT2D eigenvalue weighted by Crippen LogP contribution is 2.33. The van der Waals surface area contributed by atoms with E-state index in [4.69, 9.17) is 15.2 Å². The van der Waals surface area contributed by atoms with Crippen molar-refractivity contribution in [1.29, 1.82) is 0 Å². The number of anilines is 1. The first-order chi connectivity index (χ1) is 9.63. The number of esters is 1. The molecule has 2 N–H and O–H groups in total. The van der Waals surface area contributed by atoms with Crippen molar-refractivity contribution in [3.63, 3.8) is 0 Å². The van der Waals surface area contributed by atoms with Gasteiger partial charge in [0.1, 0.15) is 11.3 Å². The second-order valence-corrected chi connectivity index (χ2v) is 5.14. The van der Waals surface area contributed by atoms with Gasteiger partial charge in [0.15, 0.2) is 5.75 Å². The number of halogens is 1. The lowest BCUT2D eigenvalue weighted by atomic mass is 10.1. The highest BCUT2D eigenvalue weighted by atomic mass is 127. The summed E-state index contributed by atoms with van der Waals surface area (Å²) in [5.41, 5.74) is 6.64. The van der Waals surface area contributed by atoms with Crippen LogP contribution in [0, 0.1) is 3.57 Å². The summed E-state index contributed by atoms with van der Waals surface area (Å²) in [7, 11) is 0. The van der Waals surface area contributed by atoms with Crippen LogP contribution >= 0.6 is 22.6 Å². The molecule has 0 aromatic heterocycles. The number of hydrogen-bond acceptors (Lipinski definition) is 4. The third kappa shape index (κ3) is 3.22. The lowest BCUT2D eigenvalue weighted by molar-refractivity contribution is 0.0523. The van der Waals surface area contributed by atoms with E-state index in [-0.39, 0.29) is 0 Å². The van der Waals surface area contributed by atoms with Crippen LogP contribution in [0.4, 0.5) is 5.69 Å². The lowest BCUT2D eigenvalue weighted by Gasteiger charge is -2.13. The van der Waals surface area contributed by atoms with Crippen LogP contribution in [-0.4, -0.2) is 12.6 Å². The number of ether oxygens (including phenoxy) is 2. The average Bonchev–Trinajstić information content (AvgIpc) is 2.43. The number of carbonyl (C=O) groups excluding carboxylic acids is 1. The molecule has 0 spiro atoms. The molecule has 20 heavy (non-hydrogen) atoms. The maximum absolute atomic E-state index is 11.9. The third-order valence-electron chi connectivity index (χ3n) is 2.59. The Balaban J connectivity index is 2.40. The zero-order chi connectivity index (χ0) is 14.5. The maximum atomic E-state index is 11.9. The van der Waals surface area contributed by atoms with Crippen molar-refractivity contribution >= 4 is 34.2 Å². The molecule has 104 valence electrons. The lowest BCUT2D eigenvalue weighted by Crippen LogP contribution is -2.08. The molecule has 0 aliphatic heterocycles. The van der Waals surface area contributed by atoms with E-state index in [1.165, 1.54) is 0 Å². The van der Waals surface area contributed by atoms with E-state index in [1.807, 2.05) is 24.3 Å². The highest BCUT2D eigenvalue weighted by molar-refractivity contribution is 14.1. The molecule has 2 aromatic carbocycles. The van der Waals surface area contributed by atoms with Crippen LogP contribution in [0.2, 0.25) is 0 Å². The number of hydrogen-bond donors (Lipinski definition) is 1. The van der Waals surface area contributed by atoms with Crippen molar-refractivity contribution in [1.82, 2.24) is 0 Å². The van der Waals surface area contributed by atoms with Gasteiger partial charge in [0, 0.05) is 0 Å². The minimum absolute atomic E-state index is 0.302. The van der Waals surface area contributed by atoms with Crippen LogP contribution in [0.3, 0.4) is 0 Å². The summed E-state index contributed by atoms with van der Waals surface area (Å²) < 4.78 is 11.8. The monoisotopic (exact) mass is 383 g/mol. The van der Waals surface area contributed by atoms with Crippen LogP contribution < -0.4 is 10.5 Å². The summed E-state index contributed by atoms with van der Waals surface area (Å²) in [6.07, 6.45) is 0. The first kappa shape index (κ1) is 14.6. The normalized spacial score (nSPS) is 10.1. The molecular weight excluding hydrogens is 369 g/mol. The molecule has 4 nitrogen and oxygen atoms in total. The first-order valence-corrected chi connectivity index (χ1v) is 7.19. The Morgan fingerprint density at radius 1 is 1.20 bits per heavy atom. The largest absolute Gasteiger partial charge is 0.462 e. The Bertz CT molecular complexity index is 628. The van der Waals surface area contributed by atoms with E-state index in [0.717, 1.165) is 3.57 Å². The molecule has 0 heterocycles. The molecule has 2 aromatic rings. The molecule has 0 radical (unpaired) electrons. The van der Waals surface area contributed by atoms with Gasteiger partial charge in [-0.1, -0.05) is 18.2 Å². The van der Waals surface area contributed by atoms with Crippen LogP contribution in [0.15, 0.2) is 42.5 Å². The van der Waals surface area contributed by atoms with Gasteiger partial charge in [-0.2, -0.15) is 0 Å². The predicted octanol–water partition coefficient (Wildman–Crippen LogP) is 3.84. The van der Waals surface area contributed by atoms with Crippen LogP contribution in [-0.2, 0) is 4.74 Å². The van der Waals surface area contributed by atoms with E-state index >= 15 is 0 Å². The van der Waals surface area contributed by atoms with Gasteiger partial charge in [-0.25, -0.2) is 4.79 Å². The first-order valence-electron chi connectivity index (χ1n) is 6.11. The highest BCUT2D eigenvalue weighted by Gasteiger charge is 2.17. The Morgan fingerprint density at radius 3 is 2.65 bits per heavy atom. The van der Waals surface area contributed by atoms with Gasteiger partial charge in [0.25, 0.3) is 0 Å². The number of nitrogens with two attached hydrogens (primary N) is 1. The fraction of sp³-hybridized carbons (Fsp3) is 0.133. The predicted molar refractivity (Wildman–Crippen MR) is 86.0 cm³/mol. The standard InChI is InChI=1S/C15H14INO3/c1-2-19-15(18)10-6-5-8-12(17)14(10)20-13-9-4-3-7-11(13)16/h3-9H,2,17H2,1H3. The van der Waals surface area contributed by atoms with Gasteiger partial charge < -0.3 is 15.2 Å². The van der Waals surface area contributed by atoms with Gasteiger partial charge in [0.05, 0.1) is 15.9 Å². The Labute approximate surface area is 131 Å². The third-order valence-corrected chi connectivity index (χ3v) is 3.48. The Hall–Kier alpha value is -1.76. The summed E-state index contributed by atoms with van der Waals surface area (Å²) in [5.74, 6) is 0.535. The molecule has 2 rings (SSSR count). The molecule has 0 aliphatic rings. The topological polar surface area (TPSA) is 61.5 Å². The number of benzene rings is 2. The zero-order valence-corrected chi connectivity index (χ0v) is 13.1. The van der Waals surface area contributed by atoms with E-state index < -0.39 is 5.97 Å².